The van der Waals surface area contributed by atoms with Gasteiger partial charge in [-0.1, -0.05) is 6.07 Å². The van der Waals surface area contributed by atoms with Gasteiger partial charge in [0.05, 0.1) is 23.1 Å². The van der Waals surface area contributed by atoms with Crippen LogP contribution >= 0.6 is 12.4 Å². The van der Waals surface area contributed by atoms with E-state index in [-0.39, 0.29) is 18.0 Å². The summed E-state index contributed by atoms with van der Waals surface area (Å²) >= 11 is 0. The number of carboxylic acid groups (broad SMARTS) is 1. The summed E-state index contributed by atoms with van der Waals surface area (Å²) < 4.78 is 2.09. The highest BCUT2D eigenvalue weighted by Gasteiger charge is 2.22. The number of hydrogen-bond acceptors (Lipinski definition) is 4. The average molecular weight is 420 g/mol. The summed E-state index contributed by atoms with van der Waals surface area (Å²) in [6.07, 6.45) is 1.68. The number of aromatic amines is 1. The van der Waals surface area contributed by atoms with Crippen molar-refractivity contribution >= 4 is 29.4 Å². The van der Waals surface area contributed by atoms with Crippen LogP contribution < -0.4 is 5.56 Å². The molecule has 0 aliphatic carbocycles. The van der Waals surface area contributed by atoms with Crippen LogP contribution in [0.4, 0.5) is 0 Å². The third-order valence-electron chi connectivity index (χ3n) is 5.12. The maximum atomic E-state index is 11.7. The number of aliphatic hydroxyl groups excluding tert-OH is 1. The van der Waals surface area contributed by atoms with Gasteiger partial charge in [-0.2, -0.15) is 0 Å². The lowest BCUT2D eigenvalue weighted by Crippen LogP contribution is -2.26. The molecule has 3 N–H and O–H groups in total. The molecule has 3 rings (SSSR count). The van der Waals surface area contributed by atoms with Crippen molar-refractivity contribution in [1.82, 2.24) is 14.5 Å². The molecule has 0 bridgehead atoms. The van der Waals surface area contributed by atoms with Crippen LogP contribution in [0.2, 0.25) is 0 Å². The maximum Gasteiger partial charge on any atom is 0.309 e. The zero-order valence-corrected chi connectivity index (χ0v) is 17.5. The molecule has 0 fully saturated rings. The Hall–Kier alpha value is -2.64. The summed E-state index contributed by atoms with van der Waals surface area (Å²) in [5.74, 6) is -0.993. The molecule has 7 nitrogen and oxygen atoms in total. The topological polar surface area (TPSA) is 108 Å². The molecule has 2 aromatic heterocycles. The van der Waals surface area contributed by atoms with E-state index in [1.807, 2.05) is 31.2 Å². The first-order valence-electron chi connectivity index (χ1n) is 9.41. The molecule has 2 atom stereocenters. The number of aliphatic carboxylic acids is 1. The van der Waals surface area contributed by atoms with Gasteiger partial charge in [0, 0.05) is 23.9 Å². The van der Waals surface area contributed by atoms with Gasteiger partial charge in [-0.05, 0) is 57.4 Å². The number of imidazole rings is 1. The second-order valence-corrected chi connectivity index (χ2v) is 7.13. The number of benzene rings is 1. The van der Waals surface area contributed by atoms with Crippen LogP contribution in [-0.2, 0) is 17.8 Å². The summed E-state index contributed by atoms with van der Waals surface area (Å²) in [7, 11) is 0. The number of aliphatic hydroxyl groups is 1. The number of rotatable bonds is 7. The van der Waals surface area contributed by atoms with Gasteiger partial charge < -0.3 is 19.8 Å². The summed E-state index contributed by atoms with van der Waals surface area (Å²) in [6, 6.07) is 7.75. The molecule has 156 valence electrons. The number of H-pyrrole nitrogens is 1. The standard InChI is InChI=1S/C21H25N3O4.ClH/c1-4-24-18-8-6-14(5-7-16(13(3)25)21(27)28)10-17(18)23-19(24)15-9-12(2)20(26)22-11-15;/h6,8-11,13,16,25H,4-5,7H2,1-3H3,(H,22,26)(H,27,28);1H/t13-,16+;/m1./s1. The smallest absolute Gasteiger partial charge is 0.309 e. The van der Waals surface area contributed by atoms with E-state index in [1.54, 1.807) is 13.1 Å². The third-order valence-corrected chi connectivity index (χ3v) is 5.12. The number of hydrogen-bond donors (Lipinski definition) is 3. The molecule has 0 aliphatic rings. The van der Waals surface area contributed by atoms with Crippen LogP contribution in [0, 0.1) is 12.8 Å². The first kappa shape index (κ1) is 22.6. The first-order chi connectivity index (χ1) is 13.3. The Morgan fingerprint density at radius 1 is 1.31 bits per heavy atom. The molecule has 29 heavy (non-hydrogen) atoms. The van der Waals surface area contributed by atoms with Crippen molar-refractivity contribution in [3.8, 4) is 11.4 Å². The van der Waals surface area contributed by atoms with E-state index >= 15 is 0 Å². The van der Waals surface area contributed by atoms with Crippen molar-refractivity contribution in [3.63, 3.8) is 0 Å². The highest BCUT2D eigenvalue weighted by molar-refractivity contribution is 5.85. The Labute approximate surface area is 174 Å². The molecule has 2 heterocycles. The van der Waals surface area contributed by atoms with Crippen molar-refractivity contribution in [1.29, 1.82) is 0 Å². The lowest BCUT2D eigenvalue weighted by molar-refractivity contribution is -0.145. The average Bonchev–Trinajstić information content (AvgIpc) is 3.01. The lowest BCUT2D eigenvalue weighted by atomic mass is 9.95. The van der Waals surface area contributed by atoms with Crippen molar-refractivity contribution < 1.29 is 15.0 Å². The quantitative estimate of drug-likeness (QED) is 0.545. The summed E-state index contributed by atoms with van der Waals surface area (Å²) in [5, 5.41) is 18.9. The van der Waals surface area contributed by atoms with Gasteiger partial charge in [0.25, 0.3) is 5.56 Å². The fourth-order valence-electron chi connectivity index (χ4n) is 3.49. The van der Waals surface area contributed by atoms with Crippen molar-refractivity contribution in [2.24, 2.45) is 5.92 Å². The highest BCUT2D eigenvalue weighted by atomic mass is 35.5. The molecule has 8 heteroatoms. The van der Waals surface area contributed by atoms with Crippen molar-refractivity contribution in [2.75, 3.05) is 0 Å². The fourth-order valence-corrected chi connectivity index (χ4v) is 3.49. The highest BCUT2D eigenvalue weighted by Crippen LogP contribution is 2.26. The lowest BCUT2D eigenvalue weighted by Gasteiger charge is -2.14. The summed E-state index contributed by atoms with van der Waals surface area (Å²) in [6.45, 7) is 6.04. The number of halogens is 1. The van der Waals surface area contributed by atoms with Crippen molar-refractivity contribution in [3.05, 3.63) is 51.9 Å². The molecule has 0 unspecified atom stereocenters. The molecule has 0 amide bonds. The van der Waals surface area contributed by atoms with Crippen LogP contribution in [0.3, 0.4) is 0 Å². The second-order valence-electron chi connectivity index (χ2n) is 7.13. The molecular formula is C21H26ClN3O4. The minimum atomic E-state index is -0.984. The second kappa shape index (κ2) is 9.24. The van der Waals surface area contributed by atoms with E-state index in [1.165, 1.54) is 6.92 Å². The zero-order valence-electron chi connectivity index (χ0n) is 16.7. The number of pyridine rings is 1. The van der Waals surface area contributed by atoms with Crippen LogP contribution in [0.1, 0.15) is 31.4 Å². The van der Waals surface area contributed by atoms with Crippen LogP contribution in [0.15, 0.2) is 35.3 Å². The molecule has 0 spiro atoms. The Balaban J connectivity index is 0.00000300. The fraction of sp³-hybridized carbons (Fsp3) is 0.381. The van der Waals surface area contributed by atoms with E-state index in [0.29, 0.717) is 18.4 Å². The Morgan fingerprint density at radius 2 is 2.03 bits per heavy atom. The van der Waals surface area contributed by atoms with E-state index < -0.39 is 18.0 Å². The van der Waals surface area contributed by atoms with Gasteiger partial charge in [0.2, 0.25) is 0 Å². The Morgan fingerprint density at radius 3 is 2.62 bits per heavy atom. The van der Waals surface area contributed by atoms with E-state index in [0.717, 1.165) is 34.5 Å². The number of carbonyl (C=O) groups is 1. The molecule has 0 aliphatic heterocycles. The Kier molecular flexibility index (Phi) is 7.21. The van der Waals surface area contributed by atoms with E-state index in [9.17, 15) is 19.8 Å². The molecule has 0 saturated carbocycles. The Bertz CT molecular complexity index is 1070. The number of nitrogens with zero attached hydrogens (tertiary/aromatic N) is 2. The summed E-state index contributed by atoms with van der Waals surface area (Å²) in [4.78, 5) is 30.4. The van der Waals surface area contributed by atoms with E-state index in [4.69, 9.17) is 4.98 Å². The molecule has 0 saturated heterocycles. The molecule has 3 aromatic rings. The predicted molar refractivity (Wildman–Crippen MR) is 115 cm³/mol. The van der Waals surface area contributed by atoms with Gasteiger partial charge in [-0.15, -0.1) is 12.4 Å². The van der Waals surface area contributed by atoms with Gasteiger partial charge in [-0.3, -0.25) is 9.59 Å². The zero-order chi connectivity index (χ0) is 20.4. The number of aromatic nitrogens is 3. The normalized spacial score (nSPS) is 13.1. The van der Waals surface area contributed by atoms with E-state index in [2.05, 4.69) is 9.55 Å². The minimum absolute atomic E-state index is 0. The van der Waals surface area contributed by atoms with Gasteiger partial charge in [-0.25, -0.2) is 4.98 Å². The minimum Gasteiger partial charge on any atom is -0.481 e. The maximum absolute atomic E-state index is 11.7. The molecular weight excluding hydrogens is 394 g/mol. The number of fused-ring (bicyclic) bond motifs is 1. The number of aryl methyl sites for hydroxylation is 3. The number of carboxylic acids is 1. The largest absolute Gasteiger partial charge is 0.481 e. The number of nitrogens with one attached hydrogen (secondary N) is 1. The predicted octanol–water partition coefficient (Wildman–Crippen LogP) is 3.16. The molecule has 1 aromatic carbocycles. The van der Waals surface area contributed by atoms with Gasteiger partial charge in [0.15, 0.2) is 0 Å². The van der Waals surface area contributed by atoms with Crippen LogP contribution in [0.25, 0.3) is 22.4 Å². The van der Waals surface area contributed by atoms with Crippen LogP contribution in [-0.4, -0.2) is 36.8 Å². The van der Waals surface area contributed by atoms with Crippen molar-refractivity contribution in [2.45, 2.75) is 46.3 Å². The molecule has 0 radical (unpaired) electrons. The van der Waals surface area contributed by atoms with Gasteiger partial charge in [0.1, 0.15) is 5.82 Å². The van der Waals surface area contributed by atoms with Crippen LogP contribution in [0.5, 0.6) is 0 Å². The third kappa shape index (κ3) is 4.68. The van der Waals surface area contributed by atoms with Gasteiger partial charge >= 0.3 is 5.97 Å². The SMILES string of the molecule is CCn1c(-c2c[nH]c(=O)c(C)c2)nc2cc(CC[C@H](C(=O)O)[C@@H](C)O)ccc21.Cl. The first-order valence-corrected chi connectivity index (χ1v) is 9.41. The summed E-state index contributed by atoms with van der Waals surface area (Å²) in [5.41, 5.74) is 4.14. The monoisotopic (exact) mass is 419 g/mol.